The number of fused-ring (bicyclic) bond motifs is 1. The molecule has 118 valence electrons. The number of Topliss-reactive ketones (excluding diaryl/α,β-unsaturated/α-hetero) is 1. The van der Waals surface area contributed by atoms with Crippen LogP contribution in [0.3, 0.4) is 0 Å². The molecule has 0 fully saturated rings. The van der Waals surface area contributed by atoms with E-state index < -0.39 is 14.6 Å². The fourth-order valence-electron chi connectivity index (χ4n) is 2.92. The lowest BCUT2D eigenvalue weighted by atomic mass is 9.76. The van der Waals surface area contributed by atoms with Crippen LogP contribution in [0, 0.1) is 12.3 Å². The van der Waals surface area contributed by atoms with Gasteiger partial charge < -0.3 is 4.57 Å². The highest BCUT2D eigenvalue weighted by atomic mass is 32.2. The molecule has 1 aromatic rings. The third kappa shape index (κ3) is 2.93. The van der Waals surface area contributed by atoms with Gasteiger partial charge in [-0.2, -0.15) is 0 Å². The maximum Gasteiger partial charge on any atom is 0.165 e. The lowest BCUT2D eigenvalue weighted by Gasteiger charge is -2.32. The highest BCUT2D eigenvalue weighted by Crippen LogP contribution is 2.37. The van der Waals surface area contributed by atoms with E-state index in [0.717, 1.165) is 23.4 Å². The summed E-state index contributed by atoms with van der Waals surface area (Å²) in [4.78, 5) is 12.3. The second kappa shape index (κ2) is 4.70. The topological polar surface area (TPSA) is 56.1 Å². The highest BCUT2D eigenvalue weighted by Gasteiger charge is 2.37. The average Bonchev–Trinajstić information content (AvgIpc) is 2.54. The van der Waals surface area contributed by atoms with E-state index in [-0.39, 0.29) is 11.2 Å². The lowest BCUT2D eigenvalue weighted by Crippen LogP contribution is -2.37. The summed E-state index contributed by atoms with van der Waals surface area (Å²) in [5.41, 5.74) is 2.66. The summed E-state index contributed by atoms with van der Waals surface area (Å²) in [6, 6.07) is 1.91. The molecule has 0 saturated heterocycles. The molecule has 0 radical (unpaired) electrons. The number of nitrogens with zero attached hydrogens (tertiary/aromatic N) is 1. The van der Waals surface area contributed by atoms with Crippen molar-refractivity contribution in [3.63, 3.8) is 0 Å². The molecular formula is C16H25NO3S. The van der Waals surface area contributed by atoms with Crippen molar-refractivity contribution >= 4 is 15.6 Å². The van der Waals surface area contributed by atoms with Crippen LogP contribution in [-0.4, -0.2) is 29.8 Å². The fourth-order valence-corrected chi connectivity index (χ4v) is 3.29. The van der Waals surface area contributed by atoms with Gasteiger partial charge in [-0.15, -0.1) is 0 Å². The fraction of sp³-hybridized carbons (Fsp3) is 0.688. The first-order valence-electron chi connectivity index (χ1n) is 7.26. The Hall–Kier alpha value is -1.10. The van der Waals surface area contributed by atoms with Gasteiger partial charge in [0.15, 0.2) is 15.6 Å². The Morgan fingerprint density at radius 2 is 1.86 bits per heavy atom. The summed E-state index contributed by atoms with van der Waals surface area (Å²) in [5, 5.41) is 0. The van der Waals surface area contributed by atoms with E-state index in [2.05, 4.69) is 13.8 Å². The molecule has 0 saturated carbocycles. The van der Waals surface area contributed by atoms with Gasteiger partial charge in [0.25, 0.3) is 0 Å². The SMILES string of the molecule is Cc1cc2c(n1CC(C)(C)S(C)(=O)=O)CC(C)(C)CC2=O. The second-order valence-electron chi connectivity index (χ2n) is 7.71. The van der Waals surface area contributed by atoms with Crippen molar-refractivity contribution in [1.82, 2.24) is 4.57 Å². The molecule has 0 spiro atoms. The first-order chi connectivity index (χ1) is 9.34. The minimum atomic E-state index is -3.17. The van der Waals surface area contributed by atoms with Crippen LogP contribution in [0.1, 0.15) is 55.9 Å². The van der Waals surface area contributed by atoms with Crippen molar-refractivity contribution in [2.45, 2.75) is 58.8 Å². The molecule has 0 unspecified atom stereocenters. The van der Waals surface area contributed by atoms with Gasteiger partial charge in [-0.1, -0.05) is 13.8 Å². The monoisotopic (exact) mass is 311 g/mol. The molecule has 4 nitrogen and oxygen atoms in total. The summed E-state index contributed by atoms with van der Waals surface area (Å²) in [5.74, 6) is 0.167. The van der Waals surface area contributed by atoms with Crippen molar-refractivity contribution in [2.75, 3.05) is 6.26 Å². The number of carbonyl (C=O) groups is 1. The maximum atomic E-state index is 12.3. The van der Waals surface area contributed by atoms with Gasteiger partial charge in [0.1, 0.15) is 0 Å². The van der Waals surface area contributed by atoms with Crippen LogP contribution in [-0.2, 0) is 22.8 Å². The molecule has 21 heavy (non-hydrogen) atoms. The Morgan fingerprint density at radius 3 is 2.38 bits per heavy atom. The smallest absolute Gasteiger partial charge is 0.165 e. The van der Waals surface area contributed by atoms with Crippen LogP contribution in [0.2, 0.25) is 0 Å². The first-order valence-corrected chi connectivity index (χ1v) is 9.15. The van der Waals surface area contributed by atoms with Gasteiger partial charge in [-0.3, -0.25) is 4.79 Å². The van der Waals surface area contributed by atoms with Crippen molar-refractivity contribution < 1.29 is 13.2 Å². The van der Waals surface area contributed by atoms with Gasteiger partial charge in [-0.05, 0) is 38.7 Å². The number of sulfone groups is 1. The standard InChI is InChI=1S/C16H25NO3S/c1-11-7-12-13(8-15(2,3)9-14(12)18)17(11)10-16(4,5)21(6,19)20/h7H,8-10H2,1-6H3. The average molecular weight is 311 g/mol. The summed E-state index contributed by atoms with van der Waals surface area (Å²) in [6.07, 6.45) is 2.63. The predicted octanol–water partition coefficient (Wildman–Crippen LogP) is 2.77. The number of ketones is 1. The van der Waals surface area contributed by atoms with E-state index in [0.29, 0.717) is 13.0 Å². The molecule has 1 aromatic heterocycles. The Labute approximate surface area is 127 Å². The molecule has 1 aliphatic carbocycles. The zero-order valence-corrected chi connectivity index (χ0v) is 14.6. The molecule has 0 amide bonds. The molecule has 0 bridgehead atoms. The van der Waals surface area contributed by atoms with Gasteiger partial charge in [0.05, 0.1) is 4.75 Å². The van der Waals surface area contributed by atoms with E-state index in [1.54, 1.807) is 13.8 Å². The highest BCUT2D eigenvalue weighted by molar-refractivity contribution is 7.92. The van der Waals surface area contributed by atoms with Crippen LogP contribution < -0.4 is 0 Å². The summed E-state index contributed by atoms with van der Waals surface area (Å²) >= 11 is 0. The molecule has 2 rings (SSSR count). The predicted molar refractivity (Wildman–Crippen MR) is 84.5 cm³/mol. The van der Waals surface area contributed by atoms with E-state index in [4.69, 9.17) is 0 Å². The summed E-state index contributed by atoms with van der Waals surface area (Å²) < 4.78 is 25.1. The lowest BCUT2D eigenvalue weighted by molar-refractivity contribution is 0.0909. The molecule has 0 N–H and O–H groups in total. The third-order valence-corrected chi connectivity index (χ3v) is 6.68. The molecular weight excluding hydrogens is 286 g/mol. The first kappa shape index (κ1) is 16.3. The van der Waals surface area contributed by atoms with Crippen LogP contribution >= 0.6 is 0 Å². The number of aromatic nitrogens is 1. The molecule has 1 aliphatic rings. The van der Waals surface area contributed by atoms with E-state index in [9.17, 15) is 13.2 Å². The largest absolute Gasteiger partial charge is 0.347 e. The van der Waals surface area contributed by atoms with Gasteiger partial charge in [-0.25, -0.2) is 8.42 Å². The van der Waals surface area contributed by atoms with Crippen LogP contribution in [0.15, 0.2) is 6.07 Å². The summed E-state index contributed by atoms with van der Waals surface area (Å²) in [7, 11) is -3.17. The van der Waals surface area contributed by atoms with Crippen molar-refractivity contribution in [3.8, 4) is 0 Å². The second-order valence-corrected chi connectivity index (χ2v) is 10.4. The number of aryl methyl sites for hydroxylation is 1. The zero-order valence-electron chi connectivity index (χ0n) is 13.8. The molecule has 0 aliphatic heterocycles. The van der Waals surface area contributed by atoms with E-state index >= 15 is 0 Å². The Kier molecular flexibility index (Phi) is 3.64. The zero-order chi connectivity index (χ0) is 16.2. The molecule has 0 atom stereocenters. The van der Waals surface area contributed by atoms with E-state index in [1.807, 2.05) is 17.6 Å². The molecule has 0 aromatic carbocycles. The van der Waals surface area contributed by atoms with E-state index in [1.165, 1.54) is 6.26 Å². The number of rotatable bonds is 3. The van der Waals surface area contributed by atoms with Crippen LogP contribution in [0.25, 0.3) is 0 Å². The van der Waals surface area contributed by atoms with Gasteiger partial charge in [0, 0.05) is 36.2 Å². The maximum absolute atomic E-state index is 12.3. The Bertz CT molecular complexity index is 693. The number of hydrogen-bond acceptors (Lipinski definition) is 3. The quantitative estimate of drug-likeness (QED) is 0.862. The van der Waals surface area contributed by atoms with Gasteiger partial charge >= 0.3 is 0 Å². The number of carbonyl (C=O) groups excluding carboxylic acids is 1. The normalized spacial score (nSPS) is 18.7. The molecule has 5 heteroatoms. The third-order valence-electron chi connectivity index (χ3n) is 4.54. The Morgan fingerprint density at radius 1 is 1.29 bits per heavy atom. The summed E-state index contributed by atoms with van der Waals surface area (Å²) in [6.45, 7) is 9.98. The molecule has 1 heterocycles. The van der Waals surface area contributed by atoms with Gasteiger partial charge in [0.2, 0.25) is 0 Å². The van der Waals surface area contributed by atoms with Crippen molar-refractivity contribution in [2.24, 2.45) is 5.41 Å². The Balaban J connectivity index is 2.51. The minimum absolute atomic E-state index is 0.0676. The number of hydrogen-bond donors (Lipinski definition) is 0. The minimum Gasteiger partial charge on any atom is -0.347 e. The van der Waals surface area contributed by atoms with Crippen molar-refractivity contribution in [3.05, 3.63) is 23.0 Å². The van der Waals surface area contributed by atoms with Crippen LogP contribution in [0.4, 0.5) is 0 Å². The van der Waals surface area contributed by atoms with Crippen LogP contribution in [0.5, 0.6) is 0 Å². The van der Waals surface area contributed by atoms with Crippen molar-refractivity contribution in [1.29, 1.82) is 0 Å².